The molecule has 3 atom stereocenters. The van der Waals surface area contributed by atoms with Crippen molar-refractivity contribution >= 4 is 17.7 Å². The average Bonchev–Trinajstić information content (AvgIpc) is 2.68. The van der Waals surface area contributed by atoms with Crippen LogP contribution in [0.1, 0.15) is 18.9 Å². The van der Waals surface area contributed by atoms with E-state index in [1.165, 1.54) is 0 Å². The summed E-state index contributed by atoms with van der Waals surface area (Å²) >= 11 is 0. The molecule has 5 heteroatoms. The van der Waals surface area contributed by atoms with Crippen LogP contribution >= 0.6 is 0 Å². The van der Waals surface area contributed by atoms with Gasteiger partial charge in [0.05, 0.1) is 12.1 Å². The second kappa shape index (κ2) is 4.80. The Bertz CT molecular complexity index is 668. The first-order valence-corrected chi connectivity index (χ1v) is 7.27. The molecule has 114 valence electrons. The number of ether oxygens (including phenoxy) is 1. The van der Waals surface area contributed by atoms with Crippen LogP contribution in [-0.4, -0.2) is 24.3 Å². The predicted octanol–water partition coefficient (Wildman–Crippen LogP) is 1.34. The number of hydrogen-bond acceptors (Lipinski definition) is 4. The zero-order valence-corrected chi connectivity index (χ0v) is 12.3. The lowest BCUT2D eigenvalue weighted by atomic mass is 9.46. The van der Waals surface area contributed by atoms with E-state index in [0.717, 1.165) is 5.56 Å². The molecule has 1 aromatic rings. The van der Waals surface area contributed by atoms with Gasteiger partial charge in [0.15, 0.2) is 5.41 Å². The van der Waals surface area contributed by atoms with Gasteiger partial charge in [-0.15, -0.1) is 6.58 Å². The van der Waals surface area contributed by atoms with Gasteiger partial charge in [0.1, 0.15) is 0 Å². The molecule has 1 saturated heterocycles. The number of carbonyl (C=O) groups is 3. The van der Waals surface area contributed by atoms with E-state index in [4.69, 9.17) is 4.74 Å². The van der Waals surface area contributed by atoms with Crippen LogP contribution < -0.4 is 5.32 Å². The van der Waals surface area contributed by atoms with E-state index in [1.807, 2.05) is 30.3 Å². The Balaban J connectivity index is 2.21. The van der Waals surface area contributed by atoms with Gasteiger partial charge in [-0.2, -0.15) is 0 Å². The molecule has 2 fully saturated rings. The molecule has 1 heterocycles. The molecule has 0 radical (unpaired) electrons. The van der Waals surface area contributed by atoms with Crippen molar-refractivity contribution in [1.29, 1.82) is 0 Å². The largest absolute Gasteiger partial charge is 0.465 e. The van der Waals surface area contributed by atoms with Gasteiger partial charge in [0, 0.05) is 5.92 Å². The van der Waals surface area contributed by atoms with Crippen molar-refractivity contribution in [3.63, 3.8) is 0 Å². The highest BCUT2D eigenvalue weighted by molar-refractivity contribution is 6.45. The highest BCUT2D eigenvalue weighted by Gasteiger charge is 2.79. The van der Waals surface area contributed by atoms with Crippen molar-refractivity contribution in [3.8, 4) is 0 Å². The Morgan fingerprint density at radius 2 is 2.09 bits per heavy atom. The Morgan fingerprint density at radius 3 is 2.68 bits per heavy atom. The first-order chi connectivity index (χ1) is 10.5. The fourth-order valence-electron chi connectivity index (χ4n) is 3.82. The third kappa shape index (κ3) is 1.46. The number of hydrogen-bond donors (Lipinski definition) is 1. The Labute approximate surface area is 128 Å². The molecule has 1 saturated carbocycles. The molecular weight excluding hydrogens is 282 g/mol. The maximum atomic E-state index is 12.6. The van der Waals surface area contributed by atoms with E-state index in [0.29, 0.717) is 0 Å². The third-order valence-corrected chi connectivity index (χ3v) is 4.80. The van der Waals surface area contributed by atoms with Crippen LogP contribution in [-0.2, 0) is 24.7 Å². The van der Waals surface area contributed by atoms with Gasteiger partial charge in [-0.3, -0.25) is 14.4 Å². The minimum Gasteiger partial charge on any atom is -0.465 e. The normalized spacial score (nSPS) is 32.7. The van der Waals surface area contributed by atoms with Crippen molar-refractivity contribution in [2.75, 3.05) is 6.61 Å². The van der Waals surface area contributed by atoms with Gasteiger partial charge in [-0.25, -0.2) is 0 Å². The van der Waals surface area contributed by atoms with E-state index >= 15 is 0 Å². The summed E-state index contributed by atoms with van der Waals surface area (Å²) in [5, 5.41) is 2.75. The molecule has 22 heavy (non-hydrogen) atoms. The van der Waals surface area contributed by atoms with Crippen LogP contribution in [0.3, 0.4) is 0 Å². The van der Waals surface area contributed by atoms with Crippen LogP contribution in [0, 0.1) is 11.3 Å². The number of ketones is 1. The molecule has 1 amide bonds. The van der Waals surface area contributed by atoms with Crippen LogP contribution in [0.15, 0.2) is 43.0 Å². The Kier molecular flexibility index (Phi) is 3.16. The molecule has 1 aliphatic carbocycles. The lowest BCUT2D eigenvalue weighted by molar-refractivity contribution is -0.177. The van der Waals surface area contributed by atoms with E-state index in [-0.39, 0.29) is 18.9 Å². The highest BCUT2D eigenvalue weighted by Crippen LogP contribution is 2.64. The van der Waals surface area contributed by atoms with Crippen molar-refractivity contribution in [3.05, 3.63) is 48.6 Å². The summed E-state index contributed by atoms with van der Waals surface area (Å²) in [5.41, 5.74) is -1.85. The van der Waals surface area contributed by atoms with Gasteiger partial charge < -0.3 is 10.1 Å². The van der Waals surface area contributed by atoms with Crippen LogP contribution in [0.25, 0.3) is 0 Å². The van der Waals surface area contributed by atoms with Gasteiger partial charge in [0.25, 0.3) is 5.91 Å². The zero-order valence-electron chi connectivity index (χ0n) is 12.3. The fraction of sp³-hybridized carbons (Fsp3) is 0.353. The first-order valence-electron chi connectivity index (χ1n) is 7.27. The third-order valence-electron chi connectivity index (χ3n) is 4.80. The topological polar surface area (TPSA) is 72.5 Å². The number of esters is 1. The van der Waals surface area contributed by atoms with E-state index in [1.54, 1.807) is 13.0 Å². The Morgan fingerprint density at radius 1 is 1.41 bits per heavy atom. The first kappa shape index (κ1) is 14.5. The van der Waals surface area contributed by atoms with Crippen molar-refractivity contribution in [2.45, 2.75) is 18.9 Å². The monoisotopic (exact) mass is 299 g/mol. The molecule has 1 unspecified atom stereocenters. The lowest BCUT2D eigenvalue weighted by Crippen LogP contribution is -2.68. The van der Waals surface area contributed by atoms with Crippen LogP contribution in [0.5, 0.6) is 0 Å². The minimum absolute atomic E-state index is 0.158. The molecule has 2 aliphatic rings. The quantitative estimate of drug-likeness (QED) is 0.394. The predicted molar refractivity (Wildman–Crippen MR) is 78.6 cm³/mol. The summed E-state index contributed by atoms with van der Waals surface area (Å²) in [6.45, 7) is 5.62. The molecule has 0 bridgehead atoms. The minimum atomic E-state index is -1.49. The second-order valence-corrected chi connectivity index (χ2v) is 5.63. The standard InChI is InChI=1S/C17H17NO4/c1-3-11-10-16(15(21)22-4-2)13(19)14(20)18-17(11,16)12-8-6-5-7-9-12/h3,5-9,11H,1,4,10H2,2H3,(H,18,20)/t11?,16-,17+/m1/s1. The summed E-state index contributed by atoms with van der Waals surface area (Å²) in [5.74, 6) is -2.29. The summed E-state index contributed by atoms with van der Waals surface area (Å²) in [7, 11) is 0. The molecule has 3 rings (SSSR count). The molecule has 1 aromatic carbocycles. The van der Waals surface area contributed by atoms with Gasteiger partial charge in [0.2, 0.25) is 5.78 Å². The number of amides is 1. The summed E-state index contributed by atoms with van der Waals surface area (Å²) < 4.78 is 5.12. The number of rotatable bonds is 4. The van der Waals surface area contributed by atoms with E-state index in [2.05, 4.69) is 11.9 Å². The molecule has 1 N–H and O–H groups in total. The van der Waals surface area contributed by atoms with Crippen LogP contribution in [0.4, 0.5) is 0 Å². The lowest BCUT2D eigenvalue weighted by Gasteiger charge is -2.56. The van der Waals surface area contributed by atoms with Crippen molar-refractivity contribution in [2.24, 2.45) is 11.3 Å². The fourth-order valence-corrected chi connectivity index (χ4v) is 3.82. The smallest absolute Gasteiger partial charge is 0.323 e. The van der Waals surface area contributed by atoms with Crippen LogP contribution in [0.2, 0.25) is 0 Å². The van der Waals surface area contributed by atoms with Gasteiger partial charge >= 0.3 is 5.97 Å². The maximum Gasteiger partial charge on any atom is 0.323 e. The molecule has 5 nitrogen and oxygen atoms in total. The number of fused-ring (bicyclic) bond motifs is 1. The number of Topliss-reactive ketones (excluding diaryl/α,β-unsaturated/α-hetero) is 1. The average molecular weight is 299 g/mol. The maximum absolute atomic E-state index is 12.6. The number of benzene rings is 1. The van der Waals surface area contributed by atoms with E-state index < -0.39 is 28.6 Å². The number of carbonyl (C=O) groups excluding carboxylic acids is 3. The summed E-state index contributed by atoms with van der Waals surface area (Å²) in [6, 6.07) is 9.08. The molecule has 0 spiro atoms. The summed E-state index contributed by atoms with van der Waals surface area (Å²) in [4.78, 5) is 37.1. The van der Waals surface area contributed by atoms with Crippen molar-refractivity contribution in [1.82, 2.24) is 5.32 Å². The zero-order chi connectivity index (χ0) is 16.0. The number of nitrogens with one attached hydrogen (secondary N) is 1. The van der Waals surface area contributed by atoms with E-state index in [9.17, 15) is 14.4 Å². The van der Waals surface area contributed by atoms with Gasteiger partial charge in [-0.05, 0) is 18.9 Å². The molecule has 1 aliphatic heterocycles. The molecule has 0 aromatic heterocycles. The second-order valence-electron chi connectivity index (χ2n) is 5.63. The molecular formula is C17H17NO4. The SMILES string of the molecule is C=CC1C[C@]2(C(=O)OCC)C(=O)C(=O)N[C@]12c1ccccc1. The Hall–Kier alpha value is -2.43. The summed E-state index contributed by atoms with van der Waals surface area (Å²) in [6.07, 6.45) is 1.92. The van der Waals surface area contributed by atoms with Crippen molar-refractivity contribution < 1.29 is 19.1 Å². The highest BCUT2D eigenvalue weighted by atomic mass is 16.5. The van der Waals surface area contributed by atoms with Gasteiger partial charge in [-0.1, -0.05) is 36.4 Å².